The molecule has 6 nitrogen and oxygen atoms in total. The molecule has 0 saturated carbocycles. The number of hydrogen-bond acceptors (Lipinski definition) is 4. The number of halogens is 1. The van der Waals surface area contributed by atoms with Crippen molar-refractivity contribution in [2.75, 3.05) is 13.1 Å². The molecule has 3 atom stereocenters. The van der Waals surface area contributed by atoms with E-state index >= 15 is 0 Å². The maximum absolute atomic E-state index is 14.0. The number of benzene rings is 2. The van der Waals surface area contributed by atoms with Crippen LogP contribution < -0.4 is 5.32 Å². The van der Waals surface area contributed by atoms with E-state index in [1.807, 2.05) is 65.0 Å². The molecule has 3 rings (SSSR count). The number of ether oxygens (including phenoxy) is 1. The minimum Gasteiger partial charge on any atom is -0.444 e. The number of ketones is 1. The van der Waals surface area contributed by atoms with Gasteiger partial charge in [-0.15, -0.1) is 0 Å². The standard InChI is InChI=1S/C28H35ClN2O4/c1-18(2)31(27(34)35-28(3,4)5)17-23(20-11-13-22(29)14-12-20)25(32)24-21(16-30-26(24)33)15-19-9-7-6-8-10-19/h6-14,18,21,23-24H,15-17H2,1-5H3,(H,30,33)/t21?,23-,24-/m1/s1. The summed E-state index contributed by atoms with van der Waals surface area (Å²) < 4.78 is 5.62. The fourth-order valence-electron chi connectivity index (χ4n) is 4.43. The first kappa shape index (κ1) is 26.7. The summed E-state index contributed by atoms with van der Waals surface area (Å²) in [5.74, 6) is -2.13. The van der Waals surface area contributed by atoms with Crippen LogP contribution in [0, 0.1) is 11.8 Å². The van der Waals surface area contributed by atoms with Gasteiger partial charge < -0.3 is 15.0 Å². The number of rotatable bonds is 8. The second kappa shape index (κ2) is 11.3. The van der Waals surface area contributed by atoms with Gasteiger partial charge in [-0.25, -0.2) is 4.79 Å². The van der Waals surface area contributed by atoms with Crippen LogP contribution in [-0.2, 0) is 20.7 Å². The first-order valence-corrected chi connectivity index (χ1v) is 12.4. The van der Waals surface area contributed by atoms with Crippen molar-refractivity contribution in [1.29, 1.82) is 0 Å². The quantitative estimate of drug-likeness (QED) is 0.505. The molecule has 1 aliphatic heterocycles. The molecule has 7 heteroatoms. The fraction of sp³-hybridized carbons (Fsp3) is 0.464. The molecule has 0 bridgehead atoms. The average Bonchev–Trinajstić information content (AvgIpc) is 3.14. The average molecular weight is 499 g/mol. The van der Waals surface area contributed by atoms with Crippen LogP contribution in [0.25, 0.3) is 0 Å². The topological polar surface area (TPSA) is 75.7 Å². The monoisotopic (exact) mass is 498 g/mol. The van der Waals surface area contributed by atoms with Crippen molar-refractivity contribution in [3.8, 4) is 0 Å². The minimum atomic E-state index is -0.802. The molecular weight excluding hydrogens is 464 g/mol. The van der Waals surface area contributed by atoms with Crippen molar-refractivity contribution >= 4 is 29.4 Å². The first-order valence-electron chi connectivity index (χ1n) is 12.1. The summed E-state index contributed by atoms with van der Waals surface area (Å²) in [6.07, 6.45) is 0.125. The van der Waals surface area contributed by atoms with Crippen LogP contribution in [0.3, 0.4) is 0 Å². The first-order chi connectivity index (χ1) is 16.5. The molecule has 2 amide bonds. The zero-order valence-corrected chi connectivity index (χ0v) is 21.8. The fourth-order valence-corrected chi connectivity index (χ4v) is 4.55. The molecule has 35 heavy (non-hydrogen) atoms. The van der Waals surface area contributed by atoms with Crippen LogP contribution in [0.1, 0.15) is 51.7 Å². The van der Waals surface area contributed by atoms with E-state index < -0.39 is 23.5 Å². The zero-order chi connectivity index (χ0) is 25.8. The van der Waals surface area contributed by atoms with E-state index in [-0.39, 0.29) is 30.2 Å². The lowest BCUT2D eigenvalue weighted by molar-refractivity contribution is -0.134. The molecule has 0 spiro atoms. The van der Waals surface area contributed by atoms with Gasteiger partial charge in [0.25, 0.3) is 0 Å². The molecule has 1 N–H and O–H groups in total. The lowest BCUT2D eigenvalue weighted by Gasteiger charge is -2.33. The Morgan fingerprint density at radius 1 is 1.09 bits per heavy atom. The van der Waals surface area contributed by atoms with Crippen LogP contribution in [0.4, 0.5) is 4.79 Å². The van der Waals surface area contributed by atoms with E-state index in [9.17, 15) is 14.4 Å². The van der Waals surface area contributed by atoms with E-state index in [4.69, 9.17) is 16.3 Å². The lowest BCUT2D eigenvalue weighted by atomic mass is 9.79. The number of Topliss-reactive ketones (excluding diaryl/α,β-unsaturated/α-hetero) is 1. The molecule has 2 aromatic carbocycles. The summed E-state index contributed by atoms with van der Waals surface area (Å²) >= 11 is 6.11. The Morgan fingerprint density at radius 3 is 2.29 bits per heavy atom. The number of carbonyl (C=O) groups is 3. The zero-order valence-electron chi connectivity index (χ0n) is 21.1. The van der Waals surface area contributed by atoms with E-state index in [1.54, 1.807) is 29.2 Å². The molecule has 0 radical (unpaired) electrons. The van der Waals surface area contributed by atoms with Crippen LogP contribution in [0.15, 0.2) is 54.6 Å². The van der Waals surface area contributed by atoms with Gasteiger partial charge in [0.05, 0.1) is 5.92 Å². The second-order valence-electron chi connectivity index (χ2n) is 10.4. The molecular formula is C28H35ClN2O4. The van der Waals surface area contributed by atoms with Crippen molar-refractivity contribution in [2.24, 2.45) is 11.8 Å². The molecule has 0 aliphatic carbocycles. The molecule has 0 aromatic heterocycles. The highest BCUT2D eigenvalue weighted by Crippen LogP contribution is 2.32. The number of nitrogens with zero attached hydrogens (tertiary/aromatic N) is 1. The number of hydrogen-bond donors (Lipinski definition) is 1. The summed E-state index contributed by atoms with van der Waals surface area (Å²) in [4.78, 5) is 41.5. The lowest BCUT2D eigenvalue weighted by Crippen LogP contribution is -2.45. The summed E-state index contributed by atoms with van der Waals surface area (Å²) in [5, 5.41) is 3.43. The normalized spacial score (nSPS) is 18.8. The van der Waals surface area contributed by atoms with E-state index in [0.717, 1.165) is 5.56 Å². The summed E-state index contributed by atoms with van der Waals surface area (Å²) in [7, 11) is 0. The summed E-state index contributed by atoms with van der Waals surface area (Å²) in [6, 6.07) is 16.7. The molecule has 1 fully saturated rings. The predicted octanol–water partition coefficient (Wildman–Crippen LogP) is 5.24. The molecule has 2 aromatic rings. The van der Waals surface area contributed by atoms with E-state index in [1.165, 1.54) is 0 Å². The Kier molecular flexibility index (Phi) is 8.60. The molecule has 1 saturated heterocycles. The third-order valence-corrected chi connectivity index (χ3v) is 6.44. The van der Waals surface area contributed by atoms with Crippen LogP contribution in [0.2, 0.25) is 5.02 Å². The van der Waals surface area contributed by atoms with Gasteiger partial charge in [0.2, 0.25) is 5.91 Å². The predicted molar refractivity (Wildman–Crippen MR) is 137 cm³/mol. The van der Waals surface area contributed by atoms with Crippen molar-refractivity contribution in [2.45, 2.75) is 58.6 Å². The van der Waals surface area contributed by atoms with E-state index in [0.29, 0.717) is 23.6 Å². The van der Waals surface area contributed by atoms with Crippen molar-refractivity contribution in [3.63, 3.8) is 0 Å². The Labute approximate surface area is 213 Å². The van der Waals surface area contributed by atoms with Crippen LogP contribution in [-0.4, -0.2) is 47.4 Å². The highest BCUT2D eigenvalue weighted by molar-refractivity contribution is 6.30. The van der Waals surface area contributed by atoms with Crippen molar-refractivity contribution < 1.29 is 19.1 Å². The van der Waals surface area contributed by atoms with Crippen LogP contribution in [0.5, 0.6) is 0 Å². The Bertz CT molecular complexity index is 1030. The molecule has 1 heterocycles. The largest absolute Gasteiger partial charge is 0.444 e. The number of amides is 2. The molecule has 188 valence electrons. The van der Waals surface area contributed by atoms with Gasteiger partial charge in [-0.1, -0.05) is 54.1 Å². The summed E-state index contributed by atoms with van der Waals surface area (Å²) in [6.45, 7) is 9.74. The smallest absolute Gasteiger partial charge is 0.410 e. The van der Waals surface area contributed by atoms with Gasteiger partial charge in [-0.05, 0) is 70.2 Å². The Hall–Kier alpha value is -2.86. The van der Waals surface area contributed by atoms with Gasteiger partial charge in [-0.3, -0.25) is 9.59 Å². The van der Waals surface area contributed by atoms with Crippen molar-refractivity contribution in [3.05, 3.63) is 70.7 Å². The van der Waals surface area contributed by atoms with Crippen LogP contribution >= 0.6 is 11.6 Å². The third kappa shape index (κ3) is 7.07. The maximum atomic E-state index is 14.0. The molecule has 1 aliphatic rings. The Morgan fingerprint density at radius 2 is 1.71 bits per heavy atom. The maximum Gasteiger partial charge on any atom is 0.410 e. The van der Waals surface area contributed by atoms with Gasteiger partial charge in [0, 0.05) is 24.2 Å². The minimum absolute atomic E-state index is 0.106. The van der Waals surface area contributed by atoms with Crippen molar-refractivity contribution in [1.82, 2.24) is 10.2 Å². The third-order valence-electron chi connectivity index (χ3n) is 6.19. The summed E-state index contributed by atoms with van der Waals surface area (Å²) in [5.41, 5.74) is 1.12. The number of carbonyl (C=O) groups excluding carboxylic acids is 3. The molecule has 1 unspecified atom stereocenters. The van der Waals surface area contributed by atoms with Gasteiger partial charge in [0.15, 0.2) is 5.78 Å². The SMILES string of the molecule is CC(C)N(C[C@@H](C(=O)[C@@H]1C(=O)NCC1Cc1ccccc1)c1ccc(Cl)cc1)C(=O)OC(C)(C)C. The highest BCUT2D eigenvalue weighted by atomic mass is 35.5. The van der Waals surface area contributed by atoms with Gasteiger partial charge >= 0.3 is 6.09 Å². The van der Waals surface area contributed by atoms with E-state index in [2.05, 4.69) is 5.32 Å². The highest BCUT2D eigenvalue weighted by Gasteiger charge is 2.44. The Balaban J connectivity index is 1.93. The number of nitrogens with one attached hydrogen (secondary N) is 1. The van der Waals surface area contributed by atoms with Gasteiger partial charge in [-0.2, -0.15) is 0 Å². The van der Waals surface area contributed by atoms with Gasteiger partial charge in [0.1, 0.15) is 11.5 Å². The second-order valence-corrected chi connectivity index (χ2v) is 10.8.